The molecule has 0 bridgehead atoms. The van der Waals surface area contributed by atoms with E-state index in [4.69, 9.17) is 11.6 Å². The summed E-state index contributed by atoms with van der Waals surface area (Å²) in [6, 6.07) is 12.4. The van der Waals surface area contributed by atoms with E-state index < -0.39 is 0 Å². The number of halogens is 1. The molecular weight excluding hydrogens is 460 g/mol. The average Bonchev–Trinajstić information content (AvgIpc) is 3.11. The first-order valence-electron chi connectivity index (χ1n) is 10.2. The van der Waals surface area contributed by atoms with Crippen molar-refractivity contribution in [2.75, 3.05) is 10.6 Å². The Hall–Kier alpha value is -3.49. The lowest BCUT2D eigenvalue weighted by Crippen LogP contribution is -2.27. The minimum Gasteiger partial charge on any atom is -0.325 e. The van der Waals surface area contributed by atoms with E-state index in [1.54, 1.807) is 31.2 Å². The zero-order valence-electron chi connectivity index (χ0n) is 18.2. The van der Waals surface area contributed by atoms with Gasteiger partial charge < -0.3 is 10.6 Å². The predicted molar refractivity (Wildman–Crippen MR) is 133 cm³/mol. The number of nitrogens with zero attached hydrogens (tertiary/aromatic N) is 2. The molecule has 0 spiro atoms. The number of anilines is 2. The number of aromatic nitrogens is 2. The smallest absolute Gasteiger partial charge is 0.266 e. The molecule has 33 heavy (non-hydrogen) atoms. The lowest BCUT2D eigenvalue weighted by Gasteiger charge is -2.08. The summed E-state index contributed by atoms with van der Waals surface area (Å²) < 4.78 is 1.24. The first kappa shape index (κ1) is 22.7. The van der Waals surface area contributed by atoms with Crippen LogP contribution in [-0.2, 0) is 11.3 Å². The van der Waals surface area contributed by atoms with E-state index >= 15 is 0 Å². The molecular formula is C24H21ClN4O3S. The number of amides is 2. The second-order valence-corrected chi connectivity index (χ2v) is 9.18. The van der Waals surface area contributed by atoms with Gasteiger partial charge in [-0.15, -0.1) is 11.3 Å². The van der Waals surface area contributed by atoms with E-state index in [1.165, 1.54) is 10.9 Å². The van der Waals surface area contributed by atoms with E-state index in [0.717, 1.165) is 22.5 Å². The molecule has 0 unspecified atom stereocenters. The standard InChI is InChI=1S/C24H21ClN4O3S/c1-13-4-9-18(14(2)10-13)28-22(31)21-15(3)20-23(33-21)26-12-29(24(20)32)11-19(30)27-17-7-5-16(25)6-8-17/h4-10,12H,11H2,1-3H3,(H,27,30)(H,28,31). The molecule has 0 aliphatic carbocycles. The number of aryl methyl sites for hydroxylation is 3. The topological polar surface area (TPSA) is 93.1 Å². The molecule has 0 atom stereocenters. The van der Waals surface area contributed by atoms with Crippen LogP contribution in [0, 0.1) is 20.8 Å². The summed E-state index contributed by atoms with van der Waals surface area (Å²) in [6.07, 6.45) is 1.33. The molecule has 0 aliphatic heterocycles. The van der Waals surface area contributed by atoms with Gasteiger partial charge in [0.25, 0.3) is 11.5 Å². The fraction of sp³-hybridized carbons (Fsp3) is 0.167. The Morgan fingerprint density at radius 3 is 2.48 bits per heavy atom. The first-order chi connectivity index (χ1) is 15.7. The summed E-state index contributed by atoms with van der Waals surface area (Å²) in [7, 11) is 0. The van der Waals surface area contributed by atoms with Crippen molar-refractivity contribution in [2.24, 2.45) is 0 Å². The van der Waals surface area contributed by atoms with E-state index in [-0.39, 0.29) is 23.9 Å². The summed E-state index contributed by atoms with van der Waals surface area (Å²) in [5.74, 6) is -0.671. The maximum atomic E-state index is 13.1. The molecule has 2 amide bonds. The zero-order chi connectivity index (χ0) is 23.7. The summed E-state index contributed by atoms with van der Waals surface area (Å²) in [6.45, 7) is 5.43. The van der Waals surface area contributed by atoms with Crippen LogP contribution in [0.25, 0.3) is 10.2 Å². The Bertz CT molecular complexity index is 1440. The summed E-state index contributed by atoms with van der Waals surface area (Å²) >= 11 is 7.01. The van der Waals surface area contributed by atoms with Crippen LogP contribution < -0.4 is 16.2 Å². The van der Waals surface area contributed by atoms with Crippen LogP contribution in [0.2, 0.25) is 5.02 Å². The second kappa shape index (κ2) is 9.17. The number of thiophene rings is 1. The fourth-order valence-electron chi connectivity index (χ4n) is 3.51. The number of carbonyl (C=O) groups is 2. The molecule has 0 aliphatic rings. The van der Waals surface area contributed by atoms with Crippen LogP contribution >= 0.6 is 22.9 Å². The average molecular weight is 481 g/mol. The molecule has 2 heterocycles. The summed E-state index contributed by atoms with van der Waals surface area (Å²) in [5, 5.41) is 6.54. The molecule has 4 rings (SSSR count). The van der Waals surface area contributed by atoms with Crippen molar-refractivity contribution in [2.45, 2.75) is 27.3 Å². The monoisotopic (exact) mass is 480 g/mol. The van der Waals surface area contributed by atoms with Crippen molar-refractivity contribution in [3.63, 3.8) is 0 Å². The largest absolute Gasteiger partial charge is 0.325 e. The van der Waals surface area contributed by atoms with Crippen LogP contribution in [0.5, 0.6) is 0 Å². The number of hydrogen-bond acceptors (Lipinski definition) is 5. The third-order valence-corrected chi connectivity index (χ3v) is 6.65. The van der Waals surface area contributed by atoms with Gasteiger partial charge in [-0.3, -0.25) is 19.0 Å². The van der Waals surface area contributed by atoms with Crippen LogP contribution in [0.1, 0.15) is 26.4 Å². The van der Waals surface area contributed by atoms with Gasteiger partial charge in [-0.1, -0.05) is 29.3 Å². The van der Waals surface area contributed by atoms with Crippen molar-refractivity contribution in [3.8, 4) is 0 Å². The van der Waals surface area contributed by atoms with Gasteiger partial charge in [-0.25, -0.2) is 4.98 Å². The summed E-state index contributed by atoms with van der Waals surface area (Å²) in [5.41, 5.74) is 3.52. The number of hydrogen-bond donors (Lipinski definition) is 2. The molecule has 0 saturated heterocycles. The Labute approximate surface area is 199 Å². The minimum absolute atomic E-state index is 0.205. The number of nitrogens with one attached hydrogen (secondary N) is 2. The van der Waals surface area contributed by atoms with Crippen LogP contribution in [0.15, 0.2) is 53.6 Å². The van der Waals surface area contributed by atoms with Gasteiger partial charge in [0, 0.05) is 16.4 Å². The first-order valence-corrected chi connectivity index (χ1v) is 11.3. The van der Waals surface area contributed by atoms with Gasteiger partial charge in [0.05, 0.1) is 16.6 Å². The maximum Gasteiger partial charge on any atom is 0.266 e. The van der Waals surface area contributed by atoms with Gasteiger partial charge in [-0.2, -0.15) is 0 Å². The number of rotatable bonds is 5. The third kappa shape index (κ3) is 4.81. The van der Waals surface area contributed by atoms with Gasteiger partial charge in [0.1, 0.15) is 11.4 Å². The third-order valence-electron chi connectivity index (χ3n) is 5.20. The highest BCUT2D eigenvalue weighted by molar-refractivity contribution is 7.20. The number of benzene rings is 2. The zero-order valence-corrected chi connectivity index (χ0v) is 19.8. The molecule has 4 aromatic rings. The molecule has 2 aromatic carbocycles. The van der Waals surface area contributed by atoms with Crippen molar-refractivity contribution < 1.29 is 9.59 Å². The minimum atomic E-state index is -0.374. The lowest BCUT2D eigenvalue weighted by atomic mass is 10.1. The Morgan fingerprint density at radius 2 is 1.79 bits per heavy atom. The van der Waals surface area contributed by atoms with Crippen LogP contribution in [0.4, 0.5) is 11.4 Å². The molecule has 9 heteroatoms. The predicted octanol–water partition coefficient (Wildman–Crippen LogP) is 4.93. The van der Waals surface area contributed by atoms with Crippen LogP contribution in [0.3, 0.4) is 0 Å². The molecule has 0 saturated carbocycles. The van der Waals surface area contributed by atoms with Crippen molar-refractivity contribution in [1.29, 1.82) is 0 Å². The molecule has 7 nitrogen and oxygen atoms in total. The highest BCUT2D eigenvalue weighted by atomic mass is 35.5. The van der Waals surface area contributed by atoms with Crippen molar-refractivity contribution in [1.82, 2.24) is 9.55 Å². The van der Waals surface area contributed by atoms with Gasteiger partial charge in [0.2, 0.25) is 5.91 Å². The van der Waals surface area contributed by atoms with Crippen molar-refractivity contribution in [3.05, 3.63) is 85.7 Å². The van der Waals surface area contributed by atoms with Gasteiger partial charge >= 0.3 is 0 Å². The molecule has 2 N–H and O–H groups in total. The number of fused-ring (bicyclic) bond motifs is 1. The quantitative estimate of drug-likeness (QED) is 0.423. The maximum absolute atomic E-state index is 13.1. The normalized spacial score (nSPS) is 10.9. The second-order valence-electron chi connectivity index (χ2n) is 7.74. The molecule has 2 aromatic heterocycles. The van der Waals surface area contributed by atoms with Crippen LogP contribution in [-0.4, -0.2) is 21.4 Å². The molecule has 0 radical (unpaired) electrons. The number of carbonyl (C=O) groups excluding carboxylic acids is 2. The Kier molecular flexibility index (Phi) is 6.31. The molecule has 168 valence electrons. The summed E-state index contributed by atoms with van der Waals surface area (Å²) in [4.78, 5) is 43.6. The van der Waals surface area contributed by atoms with E-state index in [1.807, 2.05) is 32.0 Å². The fourth-order valence-corrected chi connectivity index (χ4v) is 4.67. The highest BCUT2D eigenvalue weighted by Crippen LogP contribution is 2.28. The Balaban J connectivity index is 1.58. The van der Waals surface area contributed by atoms with E-state index in [9.17, 15) is 14.4 Å². The lowest BCUT2D eigenvalue weighted by molar-refractivity contribution is -0.116. The van der Waals surface area contributed by atoms with Gasteiger partial charge in [-0.05, 0) is 62.2 Å². The SMILES string of the molecule is Cc1ccc(NC(=O)c2sc3ncn(CC(=O)Nc4ccc(Cl)cc4)c(=O)c3c2C)c(C)c1. The van der Waals surface area contributed by atoms with Crippen molar-refractivity contribution >= 4 is 56.3 Å². The van der Waals surface area contributed by atoms with E-state index in [0.29, 0.717) is 37.1 Å². The Morgan fingerprint density at radius 1 is 1.06 bits per heavy atom. The van der Waals surface area contributed by atoms with E-state index in [2.05, 4.69) is 15.6 Å². The van der Waals surface area contributed by atoms with Gasteiger partial charge in [0.15, 0.2) is 0 Å². The highest BCUT2D eigenvalue weighted by Gasteiger charge is 2.20. The molecule has 0 fully saturated rings.